The van der Waals surface area contributed by atoms with Crippen molar-refractivity contribution in [3.05, 3.63) is 108 Å². The number of hydrogen-bond donors (Lipinski definition) is 0. The zero-order valence-corrected chi connectivity index (χ0v) is 26.9. The molecule has 4 nitrogen and oxygen atoms in total. The van der Waals surface area contributed by atoms with E-state index < -0.39 is 20.9 Å². The number of benzene rings is 2. The van der Waals surface area contributed by atoms with Crippen molar-refractivity contribution >= 4 is 35.3 Å². The molecule has 1 radical (unpaired) electrons. The van der Waals surface area contributed by atoms with Crippen molar-refractivity contribution < 1.29 is 33.0 Å². The third kappa shape index (κ3) is 6.87. The summed E-state index contributed by atoms with van der Waals surface area (Å²) in [5, 5.41) is 2.98. The van der Waals surface area contributed by atoms with Gasteiger partial charge in [-0.25, -0.2) is 0 Å². The molecule has 0 saturated heterocycles. The van der Waals surface area contributed by atoms with Gasteiger partial charge in [-0.2, -0.15) is 9.37 Å². The van der Waals surface area contributed by atoms with Gasteiger partial charge in [0.15, 0.2) is 0 Å². The van der Waals surface area contributed by atoms with Crippen LogP contribution in [0.4, 0.5) is 4.39 Å². The normalized spacial score (nSPS) is 12.7. The van der Waals surface area contributed by atoms with Crippen molar-refractivity contribution in [2.24, 2.45) is 0 Å². The maximum atomic E-state index is 13.3. The van der Waals surface area contributed by atoms with E-state index in [1.165, 1.54) is 22.9 Å². The zero-order valence-electron chi connectivity index (χ0n) is 26.5. The molecular formula is C34H32FIrN3OSi-2. The van der Waals surface area contributed by atoms with Gasteiger partial charge in [0.2, 0.25) is 11.7 Å². The van der Waals surface area contributed by atoms with E-state index in [-0.39, 0.29) is 20.1 Å². The summed E-state index contributed by atoms with van der Waals surface area (Å²) in [6, 6.07) is 26.0. The number of fused-ring (bicyclic) bond motifs is 3. The minimum absolute atomic E-state index is 0. The average molecular weight is 741 g/mol. The quantitative estimate of drug-likeness (QED) is 0.103. The van der Waals surface area contributed by atoms with Crippen molar-refractivity contribution in [3.63, 3.8) is 0 Å². The Morgan fingerprint density at radius 1 is 0.927 bits per heavy atom. The van der Waals surface area contributed by atoms with Crippen molar-refractivity contribution in [2.75, 3.05) is 0 Å². The first-order valence-electron chi connectivity index (χ1n) is 14.7. The molecular weight excluding hydrogens is 706 g/mol. The van der Waals surface area contributed by atoms with E-state index in [0.717, 1.165) is 33.3 Å². The van der Waals surface area contributed by atoms with Gasteiger partial charge in [0.05, 0.1) is 13.7 Å². The molecule has 0 unspecified atom stereocenters. The van der Waals surface area contributed by atoms with E-state index >= 15 is 0 Å². The third-order valence-corrected chi connectivity index (χ3v) is 8.72. The number of nitrogens with zero attached hydrogens (tertiary/aromatic N) is 3. The van der Waals surface area contributed by atoms with E-state index in [9.17, 15) is 4.39 Å². The van der Waals surface area contributed by atoms with Crippen LogP contribution in [-0.4, -0.2) is 23.0 Å². The summed E-state index contributed by atoms with van der Waals surface area (Å²) in [7, 11) is -1.34. The maximum absolute atomic E-state index is 13.3. The number of rotatable bonds is 4. The molecule has 0 amide bonds. The van der Waals surface area contributed by atoms with Crippen LogP contribution in [-0.2, 0) is 20.1 Å². The molecule has 0 bridgehead atoms. The van der Waals surface area contributed by atoms with Crippen molar-refractivity contribution in [2.45, 2.75) is 46.3 Å². The standard InChI is InChI=1S/C19H14FN2O.C15H18NSi.Ir/c1-11(2)12-8-9-21-16(10-12)15-5-3-4-13-14-6-7-17(20)22-19(14)23-18(13)15;1-12-5-7-13(8-6-12)15-10-9-14(11-16-15)17(2,3)4;/h3-4,6-11H,1-2H3;5-7,9-11H,1-4H3;/q2*-1;/i;1D3;. The molecule has 211 valence electrons. The maximum Gasteiger partial charge on any atom is 0.218 e. The van der Waals surface area contributed by atoms with Crippen LogP contribution in [0.25, 0.3) is 44.6 Å². The SMILES string of the molecule is CC(C)c1ccnc(-c2[c-]ccc3c2oc2nc(F)ccc23)c1.[2H]C([2H])([2H])c1c[c-]c(-c2ccc([Si](C)(C)C)cn2)cc1.[Ir]. The molecule has 0 saturated carbocycles. The van der Waals surface area contributed by atoms with Crippen LogP contribution in [0.1, 0.15) is 35.0 Å². The Morgan fingerprint density at radius 3 is 2.41 bits per heavy atom. The second-order valence-corrected chi connectivity index (χ2v) is 16.1. The number of halogens is 1. The molecule has 6 aromatic rings. The predicted octanol–water partition coefficient (Wildman–Crippen LogP) is 8.51. The molecule has 6 rings (SSSR count). The number of aromatic nitrogens is 3. The van der Waals surface area contributed by atoms with Crippen molar-refractivity contribution in [3.8, 4) is 22.5 Å². The number of furan rings is 1. The van der Waals surface area contributed by atoms with Crippen molar-refractivity contribution in [1.82, 2.24) is 15.0 Å². The van der Waals surface area contributed by atoms with Crippen LogP contribution >= 0.6 is 0 Å². The van der Waals surface area contributed by atoms with E-state index in [1.807, 2.05) is 36.5 Å². The smallest absolute Gasteiger partial charge is 0.218 e. The summed E-state index contributed by atoms with van der Waals surface area (Å²) in [4.78, 5) is 12.7. The van der Waals surface area contributed by atoms with Gasteiger partial charge in [-0.05, 0) is 40.7 Å². The second kappa shape index (κ2) is 12.6. The Balaban J connectivity index is 0.000000199. The molecule has 0 aliphatic rings. The molecule has 0 atom stereocenters. The van der Waals surface area contributed by atoms with Gasteiger partial charge >= 0.3 is 0 Å². The van der Waals surface area contributed by atoms with Gasteiger partial charge in [0.25, 0.3) is 0 Å². The van der Waals surface area contributed by atoms with E-state index in [0.29, 0.717) is 22.8 Å². The van der Waals surface area contributed by atoms with Crippen LogP contribution in [0.2, 0.25) is 19.6 Å². The predicted molar refractivity (Wildman–Crippen MR) is 164 cm³/mol. The fourth-order valence-corrected chi connectivity index (χ4v) is 5.35. The Kier molecular flexibility index (Phi) is 8.08. The van der Waals surface area contributed by atoms with Gasteiger partial charge in [-0.15, -0.1) is 53.6 Å². The van der Waals surface area contributed by atoms with Crippen LogP contribution in [0, 0.1) is 24.9 Å². The molecule has 4 heterocycles. The minimum atomic E-state index is -2.08. The van der Waals surface area contributed by atoms with Gasteiger partial charge in [0, 0.05) is 42.0 Å². The first kappa shape index (κ1) is 26.4. The van der Waals surface area contributed by atoms with Crippen LogP contribution in [0.15, 0.2) is 83.5 Å². The number of aryl methyl sites for hydroxylation is 1. The minimum Gasteiger partial charge on any atom is -0.486 e. The molecule has 41 heavy (non-hydrogen) atoms. The second-order valence-electron chi connectivity index (χ2n) is 11.0. The van der Waals surface area contributed by atoms with Gasteiger partial charge < -0.3 is 14.4 Å². The monoisotopic (exact) mass is 741 g/mol. The van der Waals surface area contributed by atoms with Gasteiger partial charge in [0.1, 0.15) is 0 Å². The molecule has 0 aliphatic heterocycles. The molecule has 0 fully saturated rings. The Labute approximate surface area is 259 Å². The molecule has 0 N–H and O–H groups in total. The van der Waals surface area contributed by atoms with Crippen LogP contribution in [0.3, 0.4) is 0 Å². The van der Waals surface area contributed by atoms with E-state index in [4.69, 9.17) is 8.53 Å². The molecule has 4 aromatic heterocycles. The molecule has 2 aromatic carbocycles. The summed E-state index contributed by atoms with van der Waals surface area (Å²) in [6.07, 6.45) is 3.71. The summed E-state index contributed by atoms with van der Waals surface area (Å²) in [5.41, 5.74) is 5.63. The summed E-state index contributed by atoms with van der Waals surface area (Å²) in [5.74, 6) is -0.149. The van der Waals surface area contributed by atoms with E-state index in [2.05, 4.69) is 66.6 Å². The average Bonchev–Trinajstić information content (AvgIpc) is 3.34. The molecule has 0 spiro atoms. The summed E-state index contributed by atoms with van der Waals surface area (Å²) < 4.78 is 41.2. The fourth-order valence-electron chi connectivity index (χ4n) is 4.31. The van der Waals surface area contributed by atoms with Gasteiger partial charge in [-0.1, -0.05) is 75.1 Å². The first-order chi connectivity index (χ1) is 20.3. The van der Waals surface area contributed by atoms with E-state index in [1.54, 1.807) is 24.4 Å². The summed E-state index contributed by atoms with van der Waals surface area (Å²) >= 11 is 0. The largest absolute Gasteiger partial charge is 0.486 e. The molecule has 0 aliphatic carbocycles. The topological polar surface area (TPSA) is 51.8 Å². The Morgan fingerprint density at radius 2 is 1.76 bits per heavy atom. The Bertz CT molecular complexity index is 1830. The van der Waals surface area contributed by atoms with Gasteiger partial charge in [-0.3, -0.25) is 0 Å². The third-order valence-electron chi connectivity index (χ3n) is 6.69. The van der Waals surface area contributed by atoms with Crippen LogP contribution < -0.4 is 5.19 Å². The van der Waals surface area contributed by atoms with Crippen LogP contribution in [0.5, 0.6) is 0 Å². The fraction of sp³-hybridized carbons (Fsp3) is 0.206. The number of pyridine rings is 3. The Hall–Kier alpha value is -3.51. The zero-order chi connectivity index (χ0) is 30.9. The molecule has 7 heteroatoms. The first-order valence-corrected chi connectivity index (χ1v) is 16.7. The van der Waals surface area contributed by atoms with Crippen molar-refractivity contribution in [1.29, 1.82) is 0 Å². The summed E-state index contributed by atoms with van der Waals surface area (Å²) in [6.45, 7) is 9.03. The number of hydrogen-bond acceptors (Lipinski definition) is 4.